The van der Waals surface area contributed by atoms with Gasteiger partial charge in [-0.1, -0.05) is 53.5 Å². The summed E-state index contributed by atoms with van der Waals surface area (Å²) >= 11 is 12.2. The van der Waals surface area contributed by atoms with Crippen molar-refractivity contribution in [2.45, 2.75) is 19.3 Å². The predicted molar refractivity (Wildman–Crippen MR) is 159 cm³/mol. The summed E-state index contributed by atoms with van der Waals surface area (Å²) in [5, 5.41) is 7.05. The first-order valence-corrected chi connectivity index (χ1v) is 14.0. The minimum atomic E-state index is -0.391. The lowest BCUT2D eigenvalue weighted by Crippen LogP contribution is -2.38. The molecule has 1 saturated heterocycles. The molecule has 3 aromatic carbocycles. The average Bonchev–Trinajstić information content (AvgIpc) is 3.20. The Morgan fingerprint density at radius 2 is 1.57 bits per heavy atom. The number of carbonyl (C=O) groups is 3. The molecule has 4 N–H and O–H groups in total. The molecule has 0 aromatic heterocycles. The Morgan fingerprint density at radius 3 is 2.33 bits per heavy atom. The molecule has 0 unspecified atom stereocenters. The van der Waals surface area contributed by atoms with E-state index in [0.717, 1.165) is 37.2 Å². The van der Waals surface area contributed by atoms with Gasteiger partial charge >= 0.3 is 6.03 Å². The molecule has 210 valence electrons. The number of nitrogens with two attached hydrogens (primary N) is 1. The zero-order valence-corrected chi connectivity index (χ0v) is 23.7. The molecule has 4 amide bonds. The molecule has 1 aliphatic rings. The van der Waals surface area contributed by atoms with Gasteiger partial charge in [-0.3, -0.25) is 9.59 Å². The molecule has 0 aliphatic carbocycles. The number of hydrogen-bond acceptors (Lipinski definition) is 4. The van der Waals surface area contributed by atoms with Crippen LogP contribution in [0.2, 0.25) is 10.0 Å². The van der Waals surface area contributed by atoms with E-state index in [1.807, 2.05) is 18.2 Å². The van der Waals surface area contributed by atoms with Gasteiger partial charge in [-0.25, -0.2) is 4.79 Å². The number of amides is 4. The summed E-state index contributed by atoms with van der Waals surface area (Å²) in [6, 6.07) is 19.2. The highest BCUT2D eigenvalue weighted by Gasteiger charge is 2.18. The smallest absolute Gasteiger partial charge is 0.314 e. The molecule has 1 fully saturated rings. The van der Waals surface area contributed by atoms with E-state index >= 15 is 0 Å². The van der Waals surface area contributed by atoms with Gasteiger partial charge in [0.15, 0.2) is 0 Å². The van der Waals surface area contributed by atoms with Gasteiger partial charge in [0.1, 0.15) is 0 Å². The fraction of sp³-hybridized carbons (Fsp3) is 0.300. The fourth-order valence-electron chi connectivity index (χ4n) is 4.67. The van der Waals surface area contributed by atoms with Gasteiger partial charge < -0.3 is 26.2 Å². The number of benzene rings is 3. The maximum absolute atomic E-state index is 13.0. The molecule has 1 aliphatic heterocycles. The second kappa shape index (κ2) is 14.2. The van der Waals surface area contributed by atoms with E-state index < -0.39 is 6.03 Å². The second-order valence-corrected chi connectivity index (χ2v) is 10.5. The van der Waals surface area contributed by atoms with E-state index in [-0.39, 0.29) is 11.8 Å². The van der Waals surface area contributed by atoms with E-state index in [2.05, 4.69) is 15.5 Å². The molecule has 0 bridgehead atoms. The van der Waals surface area contributed by atoms with Crippen LogP contribution in [0, 0.1) is 0 Å². The van der Waals surface area contributed by atoms with Gasteiger partial charge in [0.2, 0.25) is 0 Å². The quantitative estimate of drug-likeness (QED) is 0.336. The van der Waals surface area contributed by atoms with Gasteiger partial charge in [0.25, 0.3) is 11.8 Å². The van der Waals surface area contributed by atoms with Crippen molar-refractivity contribution in [2.75, 3.05) is 44.6 Å². The first-order chi connectivity index (χ1) is 19.3. The molecule has 0 spiro atoms. The number of halogens is 2. The molecule has 4 rings (SSSR count). The van der Waals surface area contributed by atoms with E-state index in [1.165, 1.54) is 0 Å². The summed E-state index contributed by atoms with van der Waals surface area (Å²) in [4.78, 5) is 41.5. The highest BCUT2D eigenvalue weighted by Crippen LogP contribution is 2.22. The Kier molecular flexibility index (Phi) is 10.4. The molecule has 8 nitrogen and oxygen atoms in total. The third-order valence-electron chi connectivity index (χ3n) is 6.95. The SMILES string of the molecule is NC(=O)N1CCCN(CCc2ccc(C(=O)NCCc3ccc(Cl)cc3Cl)cc2NC(=O)c2ccccc2)CC1. The van der Waals surface area contributed by atoms with Crippen LogP contribution >= 0.6 is 23.2 Å². The number of hydrogen-bond donors (Lipinski definition) is 3. The third kappa shape index (κ3) is 8.21. The van der Waals surface area contributed by atoms with Crippen molar-refractivity contribution >= 4 is 46.7 Å². The van der Waals surface area contributed by atoms with Crippen LogP contribution in [0.25, 0.3) is 0 Å². The largest absolute Gasteiger partial charge is 0.352 e. The molecular weight excluding hydrogens is 549 g/mol. The highest BCUT2D eigenvalue weighted by molar-refractivity contribution is 6.35. The Morgan fingerprint density at radius 1 is 0.800 bits per heavy atom. The number of carbonyl (C=O) groups excluding carboxylic acids is 3. The number of urea groups is 1. The van der Waals surface area contributed by atoms with Crippen molar-refractivity contribution in [3.05, 3.63) is 99.0 Å². The lowest BCUT2D eigenvalue weighted by Gasteiger charge is -2.21. The number of nitrogens with zero attached hydrogens (tertiary/aromatic N) is 2. The number of primary amides is 1. The molecule has 0 radical (unpaired) electrons. The molecule has 1 heterocycles. The Bertz CT molecular complexity index is 1350. The second-order valence-electron chi connectivity index (χ2n) is 9.70. The van der Waals surface area contributed by atoms with Crippen molar-refractivity contribution in [2.24, 2.45) is 5.73 Å². The molecule has 10 heteroatoms. The normalized spacial score (nSPS) is 13.9. The van der Waals surface area contributed by atoms with Crippen molar-refractivity contribution in [1.82, 2.24) is 15.1 Å². The van der Waals surface area contributed by atoms with Crippen LogP contribution in [0.15, 0.2) is 66.7 Å². The average molecular weight is 583 g/mol. The van der Waals surface area contributed by atoms with Gasteiger partial charge in [0, 0.05) is 59.6 Å². The topological polar surface area (TPSA) is 108 Å². The summed E-state index contributed by atoms with van der Waals surface area (Å²) in [5.74, 6) is -0.491. The van der Waals surface area contributed by atoms with Gasteiger partial charge in [-0.2, -0.15) is 0 Å². The lowest BCUT2D eigenvalue weighted by atomic mass is 10.0. The zero-order valence-electron chi connectivity index (χ0n) is 22.2. The van der Waals surface area contributed by atoms with Gasteiger partial charge in [-0.05, 0) is 73.3 Å². The standard InChI is InChI=1S/C30H33Cl2N5O3/c31-25-10-9-21(26(32)20-25)11-13-34-28(38)24-8-7-22(12-16-36-14-4-15-37(18-17-36)30(33)40)27(19-24)35-29(39)23-5-2-1-3-6-23/h1-3,5-10,19-20H,4,11-18H2,(H2,33,40)(H,34,38)(H,35,39). The predicted octanol–water partition coefficient (Wildman–Crippen LogP) is 4.85. The van der Waals surface area contributed by atoms with Crippen molar-refractivity contribution in [3.63, 3.8) is 0 Å². The van der Waals surface area contributed by atoms with Crippen LogP contribution in [-0.2, 0) is 12.8 Å². The Balaban J connectivity index is 1.44. The molecular formula is C30H33Cl2N5O3. The van der Waals surface area contributed by atoms with Crippen LogP contribution in [0.3, 0.4) is 0 Å². The van der Waals surface area contributed by atoms with Crippen LogP contribution in [-0.4, -0.2) is 66.9 Å². The van der Waals surface area contributed by atoms with Gasteiger partial charge in [0.05, 0.1) is 0 Å². The monoisotopic (exact) mass is 581 g/mol. The van der Waals surface area contributed by atoms with E-state index in [9.17, 15) is 14.4 Å². The fourth-order valence-corrected chi connectivity index (χ4v) is 5.17. The maximum Gasteiger partial charge on any atom is 0.314 e. The first-order valence-electron chi connectivity index (χ1n) is 13.3. The first kappa shape index (κ1) is 29.4. The summed E-state index contributed by atoms with van der Waals surface area (Å²) in [6.45, 7) is 3.96. The van der Waals surface area contributed by atoms with E-state index in [0.29, 0.717) is 59.3 Å². The number of anilines is 1. The van der Waals surface area contributed by atoms with Gasteiger partial charge in [-0.15, -0.1) is 0 Å². The van der Waals surface area contributed by atoms with E-state index in [1.54, 1.807) is 53.4 Å². The van der Waals surface area contributed by atoms with E-state index in [4.69, 9.17) is 28.9 Å². The van der Waals surface area contributed by atoms with Crippen molar-refractivity contribution in [1.29, 1.82) is 0 Å². The van der Waals surface area contributed by atoms with Crippen LogP contribution in [0.5, 0.6) is 0 Å². The van der Waals surface area contributed by atoms with Crippen LogP contribution in [0.4, 0.5) is 10.5 Å². The van der Waals surface area contributed by atoms with Crippen molar-refractivity contribution in [3.8, 4) is 0 Å². The minimum absolute atomic E-state index is 0.245. The minimum Gasteiger partial charge on any atom is -0.352 e. The number of rotatable bonds is 9. The summed E-state index contributed by atoms with van der Waals surface area (Å²) in [6.07, 6.45) is 2.07. The van der Waals surface area contributed by atoms with Crippen LogP contribution < -0.4 is 16.4 Å². The lowest BCUT2D eigenvalue weighted by molar-refractivity contribution is 0.0952. The maximum atomic E-state index is 13.0. The zero-order chi connectivity index (χ0) is 28.5. The highest BCUT2D eigenvalue weighted by atomic mass is 35.5. The van der Waals surface area contributed by atoms with Crippen molar-refractivity contribution < 1.29 is 14.4 Å². The molecule has 0 atom stereocenters. The Hall–Kier alpha value is -3.59. The molecule has 0 saturated carbocycles. The van der Waals surface area contributed by atoms with Crippen LogP contribution in [0.1, 0.15) is 38.3 Å². The number of nitrogens with one attached hydrogen (secondary N) is 2. The molecule has 3 aromatic rings. The third-order valence-corrected chi connectivity index (χ3v) is 7.54. The summed E-state index contributed by atoms with van der Waals surface area (Å²) in [7, 11) is 0. The summed E-state index contributed by atoms with van der Waals surface area (Å²) < 4.78 is 0. The molecule has 40 heavy (non-hydrogen) atoms. The summed E-state index contributed by atoms with van der Waals surface area (Å²) in [5.41, 5.74) is 8.84. The Labute approximate surface area is 244 Å².